The Morgan fingerprint density at radius 2 is 2.26 bits per heavy atom. The first kappa shape index (κ1) is 14.0. The van der Waals surface area contributed by atoms with Crippen molar-refractivity contribution in [3.05, 3.63) is 40.9 Å². The summed E-state index contributed by atoms with van der Waals surface area (Å²) < 4.78 is 26.3. The summed E-state index contributed by atoms with van der Waals surface area (Å²) in [5.74, 6) is -1.37. The van der Waals surface area contributed by atoms with Crippen LogP contribution in [-0.2, 0) is 4.79 Å². The monoisotopic (exact) mass is 300 g/mol. The first-order chi connectivity index (χ1) is 9.04. The molecule has 0 aliphatic rings. The Kier molecular flexibility index (Phi) is 4.49. The van der Waals surface area contributed by atoms with Crippen LogP contribution >= 0.6 is 23.1 Å². The molecule has 1 heterocycles. The van der Waals surface area contributed by atoms with Crippen molar-refractivity contribution in [2.45, 2.75) is 11.8 Å². The molecule has 7 heteroatoms. The van der Waals surface area contributed by atoms with E-state index in [1.807, 2.05) is 6.92 Å². The van der Waals surface area contributed by atoms with Gasteiger partial charge < -0.3 is 5.32 Å². The fraction of sp³-hybridized carbons (Fsp3) is 0.167. The highest BCUT2D eigenvalue weighted by Crippen LogP contribution is 2.23. The van der Waals surface area contributed by atoms with Gasteiger partial charge in [-0.2, -0.15) is 0 Å². The second kappa shape index (κ2) is 6.12. The maximum absolute atomic E-state index is 13.3. The summed E-state index contributed by atoms with van der Waals surface area (Å²) in [6.45, 7) is 1.88. The van der Waals surface area contributed by atoms with Crippen LogP contribution in [0, 0.1) is 18.6 Å². The number of thiazole rings is 1. The van der Waals surface area contributed by atoms with Crippen LogP contribution < -0.4 is 5.32 Å². The van der Waals surface area contributed by atoms with Gasteiger partial charge in [0.05, 0.1) is 5.75 Å². The SMILES string of the molecule is Cc1cnc(NC(=O)CSc2cc(F)ccc2F)s1. The number of rotatable bonds is 4. The van der Waals surface area contributed by atoms with E-state index in [1.54, 1.807) is 6.20 Å². The van der Waals surface area contributed by atoms with E-state index in [0.717, 1.165) is 34.8 Å². The van der Waals surface area contributed by atoms with Crippen molar-refractivity contribution in [1.29, 1.82) is 0 Å². The number of aryl methyl sites for hydroxylation is 1. The fourth-order valence-corrected chi connectivity index (χ4v) is 2.74. The van der Waals surface area contributed by atoms with Crippen LogP contribution in [-0.4, -0.2) is 16.6 Å². The summed E-state index contributed by atoms with van der Waals surface area (Å²) in [6.07, 6.45) is 1.65. The number of nitrogens with one attached hydrogen (secondary N) is 1. The number of halogens is 2. The van der Waals surface area contributed by atoms with Crippen molar-refractivity contribution in [3.63, 3.8) is 0 Å². The first-order valence-electron chi connectivity index (χ1n) is 5.35. The topological polar surface area (TPSA) is 42.0 Å². The normalized spacial score (nSPS) is 10.5. The Morgan fingerprint density at radius 1 is 1.47 bits per heavy atom. The molecule has 1 aromatic heterocycles. The molecule has 0 fully saturated rings. The standard InChI is InChI=1S/C12H10F2N2OS2/c1-7-5-15-12(19-7)16-11(17)6-18-10-4-8(13)2-3-9(10)14/h2-5H,6H2,1H3,(H,15,16,17). The Labute approximate surface area is 117 Å². The van der Waals surface area contributed by atoms with E-state index in [4.69, 9.17) is 0 Å². The molecule has 0 aliphatic heterocycles. The quantitative estimate of drug-likeness (QED) is 0.879. The van der Waals surface area contributed by atoms with Gasteiger partial charge in [-0.05, 0) is 25.1 Å². The molecule has 19 heavy (non-hydrogen) atoms. The molecule has 2 aromatic rings. The van der Waals surface area contributed by atoms with E-state index in [-0.39, 0.29) is 16.6 Å². The number of thioether (sulfide) groups is 1. The Balaban J connectivity index is 1.91. The molecule has 1 aromatic carbocycles. The summed E-state index contributed by atoms with van der Waals surface area (Å²) in [5, 5.41) is 3.10. The molecule has 0 saturated carbocycles. The van der Waals surface area contributed by atoms with E-state index < -0.39 is 11.6 Å². The average Bonchev–Trinajstić information content (AvgIpc) is 2.76. The van der Waals surface area contributed by atoms with Crippen molar-refractivity contribution >= 4 is 34.1 Å². The van der Waals surface area contributed by atoms with E-state index in [0.29, 0.717) is 5.13 Å². The Bertz CT molecular complexity index is 601. The van der Waals surface area contributed by atoms with Gasteiger partial charge in [0, 0.05) is 16.0 Å². The molecule has 0 spiro atoms. The number of anilines is 1. The summed E-state index contributed by atoms with van der Waals surface area (Å²) in [7, 11) is 0. The molecule has 0 unspecified atom stereocenters. The van der Waals surface area contributed by atoms with E-state index in [2.05, 4.69) is 10.3 Å². The highest BCUT2D eigenvalue weighted by atomic mass is 32.2. The molecule has 0 aliphatic carbocycles. The number of nitrogens with zero attached hydrogens (tertiary/aromatic N) is 1. The second-order valence-corrected chi connectivity index (χ2v) is 5.94. The van der Waals surface area contributed by atoms with Crippen molar-refractivity contribution in [2.75, 3.05) is 11.1 Å². The number of hydrogen-bond donors (Lipinski definition) is 1. The predicted octanol–water partition coefficient (Wildman–Crippen LogP) is 3.46. The lowest BCUT2D eigenvalue weighted by Crippen LogP contribution is -2.13. The molecule has 1 amide bonds. The maximum Gasteiger partial charge on any atom is 0.236 e. The predicted molar refractivity (Wildman–Crippen MR) is 72.6 cm³/mol. The van der Waals surface area contributed by atoms with Crippen molar-refractivity contribution in [1.82, 2.24) is 4.98 Å². The van der Waals surface area contributed by atoms with Gasteiger partial charge in [0.1, 0.15) is 11.6 Å². The third-order valence-corrected chi connectivity index (χ3v) is 3.98. The lowest BCUT2D eigenvalue weighted by molar-refractivity contribution is -0.113. The Hall–Kier alpha value is -1.47. The summed E-state index contributed by atoms with van der Waals surface area (Å²) in [5.41, 5.74) is 0. The molecule has 2 rings (SSSR count). The molecule has 0 radical (unpaired) electrons. The van der Waals surface area contributed by atoms with Crippen molar-refractivity contribution in [2.24, 2.45) is 0 Å². The smallest absolute Gasteiger partial charge is 0.236 e. The lowest BCUT2D eigenvalue weighted by atomic mass is 10.3. The zero-order valence-corrected chi connectivity index (χ0v) is 11.6. The van der Waals surface area contributed by atoms with Gasteiger partial charge in [-0.25, -0.2) is 13.8 Å². The summed E-state index contributed by atoms with van der Waals surface area (Å²) >= 11 is 2.30. The van der Waals surface area contributed by atoms with E-state index in [1.165, 1.54) is 11.3 Å². The molecular weight excluding hydrogens is 290 g/mol. The molecule has 100 valence electrons. The van der Waals surface area contributed by atoms with E-state index in [9.17, 15) is 13.6 Å². The first-order valence-corrected chi connectivity index (χ1v) is 7.15. The summed E-state index contributed by atoms with van der Waals surface area (Å²) in [4.78, 5) is 16.7. The van der Waals surface area contributed by atoms with Gasteiger partial charge in [-0.1, -0.05) is 0 Å². The Morgan fingerprint density at radius 3 is 2.95 bits per heavy atom. The van der Waals surface area contributed by atoms with Crippen molar-refractivity contribution in [3.8, 4) is 0 Å². The minimum Gasteiger partial charge on any atom is -0.301 e. The van der Waals surface area contributed by atoms with E-state index >= 15 is 0 Å². The third-order valence-electron chi connectivity index (χ3n) is 2.12. The highest BCUT2D eigenvalue weighted by Gasteiger charge is 2.09. The zero-order chi connectivity index (χ0) is 13.8. The third kappa shape index (κ3) is 4.00. The number of hydrogen-bond acceptors (Lipinski definition) is 4. The lowest BCUT2D eigenvalue weighted by Gasteiger charge is -2.03. The van der Waals surface area contributed by atoms with Gasteiger partial charge in [0.25, 0.3) is 0 Å². The van der Waals surface area contributed by atoms with Gasteiger partial charge in [-0.3, -0.25) is 4.79 Å². The number of amides is 1. The minimum absolute atomic E-state index is 0.000991. The van der Waals surface area contributed by atoms with Gasteiger partial charge in [0.15, 0.2) is 5.13 Å². The second-order valence-electron chi connectivity index (χ2n) is 3.69. The molecular formula is C12H10F2N2OS2. The van der Waals surface area contributed by atoms with Crippen LogP contribution in [0.5, 0.6) is 0 Å². The van der Waals surface area contributed by atoms with Crippen molar-refractivity contribution < 1.29 is 13.6 Å². The van der Waals surface area contributed by atoms with Crippen LogP contribution in [0.3, 0.4) is 0 Å². The van der Waals surface area contributed by atoms with Crippen LogP contribution in [0.1, 0.15) is 4.88 Å². The van der Waals surface area contributed by atoms with Crippen LogP contribution in [0.25, 0.3) is 0 Å². The minimum atomic E-state index is -0.538. The number of carbonyl (C=O) groups is 1. The average molecular weight is 300 g/mol. The molecule has 1 N–H and O–H groups in total. The number of aromatic nitrogens is 1. The molecule has 3 nitrogen and oxygen atoms in total. The fourth-order valence-electron chi connectivity index (χ4n) is 1.30. The number of benzene rings is 1. The molecule has 0 bridgehead atoms. The van der Waals surface area contributed by atoms with Crippen LogP contribution in [0.4, 0.5) is 13.9 Å². The molecule has 0 atom stereocenters. The largest absolute Gasteiger partial charge is 0.301 e. The zero-order valence-electron chi connectivity index (χ0n) is 9.94. The van der Waals surface area contributed by atoms with Gasteiger partial charge >= 0.3 is 0 Å². The van der Waals surface area contributed by atoms with Gasteiger partial charge in [-0.15, -0.1) is 23.1 Å². The number of carbonyl (C=O) groups excluding carboxylic acids is 1. The van der Waals surface area contributed by atoms with Crippen LogP contribution in [0.15, 0.2) is 29.3 Å². The molecule has 0 saturated heterocycles. The van der Waals surface area contributed by atoms with Crippen LogP contribution in [0.2, 0.25) is 0 Å². The summed E-state index contributed by atoms with van der Waals surface area (Å²) in [6, 6.07) is 3.15. The van der Waals surface area contributed by atoms with Gasteiger partial charge in [0.2, 0.25) is 5.91 Å². The maximum atomic E-state index is 13.3. The highest BCUT2D eigenvalue weighted by molar-refractivity contribution is 8.00.